The molecule has 1 atom stereocenters. The third-order valence-corrected chi connectivity index (χ3v) is 3.06. The quantitative estimate of drug-likeness (QED) is 0.744. The van der Waals surface area contributed by atoms with Gasteiger partial charge in [0.05, 0.1) is 12.2 Å². The zero-order chi connectivity index (χ0) is 14.3. The highest BCUT2D eigenvalue weighted by atomic mass is 16.5. The van der Waals surface area contributed by atoms with E-state index >= 15 is 0 Å². The monoisotopic (exact) mass is 266 g/mol. The lowest BCUT2D eigenvalue weighted by atomic mass is 9.92. The van der Waals surface area contributed by atoms with Gasteiger partial charge in [0.1, 0.15) is 5.75 Å². The molecule has 1 aromatic carbocycles. The maximum Gasteiger partial charge on any atom is 0.305 e. The maximum absolute atomic E-state index is 11.2. The summed E-state index contributed by atoms with van der Waals surface area (Å²) in [7, 11) is 0. The number of hydrogen-bond donors (Lipinski definition) is 2. The van der Waals surface area contributed by atoms with Gasteiger partial charge in [-0.05, 0) is 50.8 Å². The van der Waals surface area contributed by atoms with Crippen LogP contribution in [0.3, 0.4) is 0 Å². The van der Waals surface area contributed by atoms with E-state index in [9.17, 15) is 15.0 Å². The molecular weight excluding hydrogens is 244 g/mol. The molecule has 1 rings (SSSR count). The molecule has 0 bridgehead atoms. The van der Waals surface area contributed by atoms with E-state index in [1.165, 1.54) is 0 Å². The van der Waals surface area contributed by atoms with E-state index in [0.717, 1.165) is 5.56 Å². The van der Waals surface area contributed by atoms with E-state index in [-0.39, 0.29) is 18.1 Å². The molecule has 0 heterocycles. The van der Waals surface area contributed by atoms with Crippen molar-refractivity contribution in [1.82, 2.24) is 0 Å². The van der Waals surface area contributed by atoms with E-state index in [0.29, 0.717) is 25.9 Å². The highest BCUT2D eigenvalue weighted by Crippen LogP contribution is 2.21. The lowest BCUT2D eigenvalue weighted by Crippen LogP contribution is -2.26. The van der Waals surface area contributed by atoms with Gasteiger partial charge in [0.15, 0.2) is 0 Å². The summed E-state index contributed by atoms with van der Waals surface area (Å²) >= 11 is 0. The molecular formula is C15H22O4. The number of carbonyl (C=O) groups excluding carboxylic acids is 1. The second kappa shape index (κ2) is 7.14. The van der Waals surface area contributed by atoms with Crippen molar-refractivity contribution in [3.63, 3.8) is 0 Å². The zero-order valence-corrected chi connectivity index (χ0v) is 11.6. The number of ether oxygens (including phenoxy) is 1. The topological polar surface area (TPSA) is 66.8 Å². The molecule has 0 aliphatic rings. The molecule has 1 unspecified atom stereocenters. The van der Waals surface area contributed by atoms with Crippen LogP contribution in [-0.2, 0) is 16.0 Å². The van der Waals surface area contributed by atoms with Gasteiger partial charge in [-0.25, -0.2) is 0 Å². The fraction of sp³-hybridized carbons (Fsp3) is 0.533. The van der Waals surface area contributed by atoms with Crippen LogP contribution in [0.4, 0.5) is 0 Å². The van der Waals surface area contributed by atoms with Crippen LogP contribution >= 0.6 is 0 Å². The van der Waals surface area contributed by atoms with Crippen LogP contribution in [0, 0.1) is 0 Å². The van der Waals surface area contributed by atoms with E-state index in [2.05, 4.69) is 0 Å². The number of aryl methyl sites for hydroxylation is 1. The Kier molecular flexibility index (Phi) is 5.83. The number of aromatic hydroxyl groups is 1. The standard InChI is InChI=1S/C15H22O4/c1-3-19-14(17)9-11-15(2,18)10-8-12-4-6-13(16)7-5-12/h4-7,16,18H,3,8-11H2,1-2H3. The van der Waals surface area contributed by atoms with Gasteiger partial charge >= 0.3 is 5.97 Å². The number of aliphatic hydroxyl groups is 1. The first-order valence-corrected chi connectivity index (χ1v) is 6.59. The highest BCUT2D eigenvalue weighted by molar-refractivity contribution is 5.69. The van der Waals surface area contributed by atoms with Crippen molar-refractivity contribution in [3.8, 4) is 5.75 Å². The van der Waals surface area contributed by atoms with E-state index in [1.807, 2.05) is 12.1 Å². The van der Waals surface area contributed by atoms with Crippen molar-refractivity contribution < 1.29 is 19.7 Å². The molecule has 2 N–H and O–H groups in total. The van der Waals surface area contributed by atoms with Crippen molar-refractivity contribution in [1.29, 1.82) is 0 Å². The summed E-state index contributed by atoms with van der Waals surface area (Å²) in [5.74, 6) is -0.0368. The molecule has 4 heteroatoms. The average Bonchev–Trinajstić information content (AvgIpc) is 2.36. The van der Waals surface area contributed by atoms with Gasteiger partial charge in [0, 0.05) is 6.42 Å². The van der Waals surface area contributed by atoms with Crippen molar-refractivity contribution in [2.75, 3.05) is 6.61 Å². The molecule has 0 saturated carbocycles. The third-order valence-electron chi connectivity index (χ3n) is 3.06. The smallest absolute Gasteiger partial charge is 0.305 e. The third kappa shape index (κ3) is 6.25. The van der Waals surface area contributed by atoms with Gasteiger partial charge in [-0.3, -0.25) is 4.79 Å². The Morgan fingerprint density at radius 1 is 1.26 bits per heavy atom. The van der Waals surface area contributed by atoms with Crippen molar-refractivity contribution in [3.05, 3.63) is 29.8 Å². The number of hydrogen-bond acceptors (Lipinski definition) is 4. The van der Waals surface area contributed by atoms with Crippen LogP contribution in [0.15, 0.2) is 24.3 Å². The van der Waals surface area contributed by atoms with Gasteiger partial charge in [0.25, 0.3) is 0 Å². The van der Waals surface area contributed by atoms with Gasteiger partial charge in [-0.15, -0.1) is 0 Å². The average molecular weight is 266 g/mol. The summed E-state index contributed by atoms with van der Waals surface area (Å²) in [5, 5.41) is 19.4. The van der Waals surface area contributed by atoms with Crippen LogP contribution in [0.5, 0.6) is 5.75 Å². The predicted octanol–water partition coefficient (Wildman–Crippen LogP) is 2.42. The van der Waals surface area contributed by atoms with Crippen LogP contribution in [0.1, 0.15) is 38.7 Å². The fourth-order valence-electron chi connectivity index (χ4n) is 1.81. The van der Waals surface area contributed by atoms with Crippen molar-refractivity contribution in [2.24, 2.45) is 0 Å². The second-order valence-corrected chi connectivity index (χ2v) is 4.97. The molecule has 0 aliphatic heterocycles. The SMILES string of the molecule is CCOC(=O)CCC(C)(O)CCc1ccc(O)cc1. The molecule has 0 aliphatic carbocycles. The van der Waals surface area contributed by atoms with Gasteiger partial charge in [-0.2, -0.15) is 0 Å². The minimum atomic E-state index is -0.884. The summed E-state index contributed by atoms with van der Waals surface area (Å²) in [6.07, 6.45) is 1.90. The minimum absolute atomic E-state index is 0.233. The highest BCUT2D eigenvalue weighted by Gasteiger charge is 2.21. The van der Waals surface area contributed by atoms with E-state index < -0.39 is 5.60 Å². The number of phenols is 1. The van der Waals surface area contributed by atoms with Crippen LogP contribution in [-0.4, -0.2) is 28.4 Å². The first-order chi connectivity index (χ1) is 8.93. The van der Waals surface area contributed by atoms with Crippen LogP contribution < -0.4 is 0 Å². The normalized spacial score (nSPS) is 13.8. The molecule has 0 fully saturated rings. The Morgan fingerprint density at radius 2 is 1.89 bits per heavy atom. The Morgan fingerprint density at radius 3 is 2.47 bits per heavy atom. The lowest BCUT2D eigenvalue weighted by Gasteiger charge is -2.22. The second-order valence-electron chi connectivity index (χ2n) is 4.97. The Bertz CT molecular complexity index is 395. The van der Waals surface area contributed by atoms with Crippen molar-refractivity contribution >= 4 is 5.97 Å². The molecule has 0 saturated heterocycles. The number of rotatable bonds is 7. The van der Waals surface area contributed by atoms with Gasteiger partial charge in [-0.1, -0.05) is 12.1 Å². The Balaban J connectivity index is 2.37. The fourth-order valence-corrected chi connectivity index (χ4v) is 1.81. The van der Waals surface area contributed by atoms with Gasteiger partial charge < -0.3 is 14.9 Å². The molecule has 0 amide bonds. The summed E-state index contributed by atoms with van der Waals surface area (Å²) in [6.45, 7) is 3.86. The Hall–Kier alpha value is -1.55. The first-order valence-electron chi connectivity index (χ1n) is 6.59. The molecule has 1 aromatic rings. The van der Waals surface area contributed by atoms with Crippen LogP contribution in [0.2, 0.25) is 0 Å². The van der Waals surface area contributed by atoms with E-state index in [1.54, 1.807) is 26.0 Å². The maximum atomic E-state index is 11.2. The predicted molar refractivity (Wildman–Crippen MR) is 72.9 cm³/mol. The molecule has 106 valence electrons. The van der Waals surface area contributed by atoms with E-state index in [4.69, 9.17) is 4.74 Å². The number of phenolic OH excluding ortho intramolecular Hbond substituents is 1. The molecule has 19 heavy (non-hydrogen) atoms. The number of benzene rings is 1. The van der Waals surface area contributed by atoms with Gasteiger partial charge in [0.2, 0.25) is 0 Å². The lowest BCUT2D eigenvalue weighted by molar-refractivity contribution is -0.144. The first kappa shape index (κ1) is 15.5. The summed E-state index contributed by atoms with van der Waals surface area (Å²) in [6, 6.07) is 6.92. The molecule has 0 aromatic heterocycles. The molecule has 0 radical (unpaired) electrons. The molecule has 0 spiro atoms. The number of esters is 1. The minimum Gasteiger partial charge on any atom is -0.508 e. The summed E-state index contributed by atoms with van der Waals surface area (Å²) in [5.41, 5.74) is 0.166. The van der Waals surface area contributed by atoms with Crippen molar-refractivity contribution in [2.45, 2.75) is 45.1 Å². The molecule has 4 nitrogen and oxygen atoms in total. The Labute approximate surface area is 114 Å². The largest absolute Gasteiger partial charge is 0.508 e. The summed E-state index contributed by atoms with van der Waals surface area (Å²) in [4.78, 5) is 11.2. The number of carbonyl (C=O) groups is 1. The van der Waals surface area contributed by atoms with Crippen LogP contribution in [0.25, 0.3) is 0 Å². The summed E-state index contributed by atoms with van der Waals surface area (Å²) < 4.78 is 4.84. The zero-order valence-electron chi connectivity index (χ0n) is 11.6.